The van der Waals surface area contributed by atoms with Crippen LogP contribution in [-0.4, -0.2) is 0 Å². The summed E-state index contributed by atoms with van der Waals surface area (Å²) in [6, 6.07) is 4.15. The van der Waals surface area contributed by atoms with Crippen molar-refractivity contribution < 1.29 is 8.78 Å². The number of halogens is 2. The molecule has 18 heavy (non-hydrogen) atoms. The fourth-order valence-electron chi connectivity index (χ4n) is 3.08. The number of benzene rings is 1. The summed E-state index contributed by atoms with van der Waals surface area (Å²) in [4.78, 5) is 0. The van der Waals surface area contributed by atoms with Crippen molar-refractivity contribution in [2.24, 2.45) is 17.8 Å². The molecule has 0 amide bonds. The molecular weight excluding hydrogens is 230 g/mol. The molecule has 0 unspecified atom stereocenters. The van der Waals surface area contributed by atoms with E-state index in [-0.39, 0.29) is 17.2 Å². The predicted octanol–water partition coefficient (Wildman–Crippen LogP) is 4.97. The molecule has 1 aromatic rings. The zero-order valence-corrected chi connectivity index (χ0v) is 11.3. The predicted molar refractivity (Wildman–Crippen MR) is 70.3 cm³/mol. The Morgan fingerprint density at radius 3 is 2.11 bits per heavy atom. The van der Waals surface area contributed by atoms with Crippen molar-refractivity contribution in [2.45, 2.75) is 46.0 Å². The van der Waals surface area contributed by atoms with E-state index in [1.165, 1.54) is 31.0 Å². The summed E-state index contributed by atoms with van der Waals surface area (Å²) in [7, 11) is 0. The smallest absolute Gasteiger partial charge is 0.129 e. The maximum atomic E-state index is 13.6. The Hall–Kier alpha value is -0.920. The van der Waals surface area contributed by atoms with Crippen LogP contribution in [0.15, 0.2) is 18.2 Å². The van der Waals surface area contributed by atoms with Gasteiger partial charge in [0.1, 0.15) is 11.6 Å². The van der Waals surface area contributed by atoms with Crippen molar-refractivity contribution in [3.8, 4) is 0 Å². The monoisotopic (exact) mass is 252 g/mol. The second-order valence-electron chi connectivity index (χ2n) is 5.93. The van der Waals surface area contributed by atoms with Crippen LogP contribution in [0.1, 0.15) is 45.1 Å². The molecule has 2 rings (SSSR count). The molecule has 0 aromatic heterocycles. The van der Waals surface area contributed by atoms with E-state index < -0.39 is 0 Å². The quantitative estimate of drug-likeness (QED) is 0.712. The van der Waals surface area contributed by atoms with Gasteiger partial charge in [-0.1, -0.05) is 19.9 Å². The third kappa shape index (κ3) is 3.09. The molecule has 0 bridgehead atoms. The van der Waals surface area contributed by atoms with Crippen LogP contribution in [0.2, 0.25) is 0 Å². The Kier molecular flexibility index (Phi) is 4.36. The molecular formula is C16H22F2. The van der Waals surface area contributed by atoms with Gasteiger partial charge in [-0.2, -0.15) is 0 Å². The lowest BCUT2D eigenvalue weighted by Crippen LogP contribution is -2.20. The highest BCUT2D eigenvalue weighted by molar-refractivity contribution is 5.20. The molecule has 1 fully saturated rings. The van der Waals surface area contributed by atoms with Crippen LogP contribution in [0.25, 0.3) is 0 Å². The molecule has 0 saturated heterocycles. The molecule has 0 aliphatic heterocycles. The molecule has 0 spiro atoms. The minimum atomic E-state index is -0.388. The van der Waals surface area contributed by atoms with Crippen molar-refractivity contribution in [2.75, 3.05) is 0 Å². The minimum absolute atomic E-state index is 0.283. The molecule has 1 saturated carbocycles. The molecule has 1 aliphatic rings. The second-order valence-corrected chi connectivity index (χ2v) is 5.93. The lowest BCUT2D eigenvalue weighted by molar-refractivity contribution is 0.221. The fourth-order valence-corrected chi connectivity index (χ4v) is 3.08. The average molecular weight is 252 g/mol. The van der Waals surface area contributed by atoms with Gasteiger partial charge in [0.2, 0.25) is 0 Å². The van der Waals surface area contributed by atoms with Gasteiger partial charge in [0, 0.05) is 5.56 Å². The molecule has 0 N–H and O–H groups in total. The van der Waals surface area contributed by atoms with E-state index in [0.29, 0.717) is 12.3 Å². The molecule has 1 aromatic carbocycles. The molecule has 2 heteroatoms. The van der Waals surface area contributed by atoms with Crippen molar-refractivity contribution >= 4 is 0 Å². The van der Waals surface area contributed by atoms with Crippen LogP contribution in [-0.2, 0) is 6.42 Å². The third-order valence-electron chi connectivity index (χ3n) is 4.39. The highest BCUT2D eigenvalue weighted by atomic mass is 19.1. The molecule has 0 atom stereocenters. The first-order chi connectivity index (χ1) is 8.58. The Balaban J connectivity index is 1.96. The van der Waals surface area contributed by atoms with Crippen molar-refractivity contribution in [3.05, 3.63) is 35.4 Å². The van der Waals surface area contributed by atoms with Gasteiger partial charge in [0.05, 0.1) is 0 Å². The van der Waals surface area contributed by atoms with Crippen LogP contribution in [0.5, 0.6) is 0 Å². The summed E-state index contributed by atoms with van der Waals surface area (Å²) in [5.41, 5.74) is 0.283. The first-order valence-electron chi connectivity index (χ1n) is 7.00. The summed E-state index contributed by atoms with van der Waals surface area (Å²) in [5, 5.41) is 0. The largest absolute Gasteiger partial charge is 0.207 e. The van der Waals surface area contributed by atoms with Gasteiger partial charge in [-0.25, -0.2) is 8.78 Å². The maximum absolute atomic E-state index is 13.6. The van der Waals surface area contributed by atoms with Crippen molar-refractivity contribution in [3.63, 3.8) is 0 Å². The maximum Gasteiger partial charge on any atom is 0.129 e. The average Bonchev–Trinajstić information content (AvgIpc) is 2.34. The zero-order valence-electron chi connectivity index (χ0n) is 11.3. The van der Waals surface area contributed by atoms with Crippen LogP contribution in [0.3, 0.4) is 0 Å². The SMILES string of the molecule is CC(C)C1CCC(Cc2c(F)cccc2F)CC1. The standard InChI is InChI=1S/C16H22F2/c1-11(2)13-8-6-12(7-9-13)10-14-15(17)4-3-5-16(14)18/h3-5,11-13H,6-10H2,1-2H3. The van der Waals surface area contributed by atoms with Crippen LogP contribution >= 0.6 is 0 Å². The van der Waals surface area contributed by atoms with Crippen molar-refractivity contribution in [1.82, 2.24) is 0 Å². The van der Waals surface area contributed by atoms with Crippen LogP contribution in [0, 0.1) is 29.4 Å². The van der Waals surface area contributed by atoms with Gasteiger partial charge in [-0.05, 0) is 62.0 Å². The molecule has 100 valence electrons. The van der Waals surface area contributed by atoms with Gasteiger partial charge in [-0.15, -0.1) is 0 Å². The van der Waals surface area contributed by atoms with Gasteiger partial charge < -0.3 is 0 Å². The number of hydrogen-bond donors (Lipinski definition) is 0. The van der Waals surface area contributed by atoms with Gasteiger partial charge >= 0.3 is 0 Å². The highest BCUT2D eigenvalue weighted by Gasteiger charge is 2.24. The first kappa shape index (κ1) is 13.5. The molecule has 0 nitrogen and oxygen atoms in total. The summed E-state index contributed by atoms with van der Waals surface area (Å²) >= 11 is 0. The highest BCUT2D eigenvalue weighted by Crippen LogP contribution is 2.35. The molecule has 0 radical (unpaired) electrons. The summed E-state index contributed by atoms with van der Waals surface area (Å²) in [5.74, 6) is 1.20. The first-order valence-corrected chi connectivity index (χ1v) is 7.00. The number of hydrogen-bond acceptors (Lipinski definition) is 0. The fraction of sp³-hybridized carbons (Fsp3) is 0.625. The van der Waals surface area contributed by atoms with Gasteiger partial charge in [0.15, 0.2) is 0 Å². The Labute approximate surface area is 108 Å². The van der Waals surface area contributed by atoms with E-state index in [1.807, 2.05) is 0 Å². The summed E-state index contributed by atoms with van der Waals surface area (Å²) in [6.07, 6.45) is 5.19. The van der Waals surface area contributed by atoms with E-state index >= 15 is 0 Å². The lowest BCUT2D eigenvalue weighted by Gasteiger charge is -2.31. The molecule has 1 aliphatic carbocycles. The van der Waals surface area contributed by atoms with Gasteiger partial charge in [-0.3, -0.25) is 0 Å². The van der Waals surface area contributed by atoms with E-state index in [9.17, 15) is 8.78 Å². The third-order valence-corrected chi connectivity index (χ3v) is 4.39. The van der Waals surface area contributed by atoms with Crippen molar-refractivity contribution in [1.29, 1.82) is 0 Å². The Morgan fingerprint density at radius 1 is 1.06 bits per heavy atom. The Morgan fingerprint density at radius 2 is 1.61 bits per heavy atom. The summed E-state index contributed by atoms with van der Waals surface area (Å²) in [6.45, 7) is 4.53. The minimum Gasteiger partial charge on any atom is -0.207 e. The zero-order chi connectivity index (χ0) is 13.1. The van der Waals surface area contributed by atoms with Crippen LogP contribution < -0.4 is 0 Å². The molecule has 0 heterocycles. The van der Waals surface area contributed by atoms with Gasteiger partial charge in [0.25, 0.3) is 0 Å². The normalized spacial score (nSPS) is 24.5. The van der Waals surface area contributed by atoms with E-state index in [0.717, 1.165) is 24.7 Å². The Bertz CT molecular complexity index is 370. The topological polar surface area (TPSA) is 0 Å². The van der Waals surface area contributed by atoms with E-state index in [4.69, 9.17) is 0 Å². The number of rotatable bonds is 3. The van der Waals surface area contributed by atoms with E-state index in [2.05, 4.69) is 13.8 Å². The lowest BCUT2D eigenvalue weighted by atomic mass is 9.75. The van der Waals surface area contributed by atoms with E-state index in [1.54, 1.807) is 0 Å². The second kappa shape index (κ2) is 5.81. The summed E-state index contributed by atoms with van der Waals surface area (Å²) < 4.78 is 27.1. The van der Waals surface area contributed by atoms with Crippen LogP contribution in [0.4, 0.5) is 8.78 Å².